The van der Waals surface area contributed by atoms with Gasteiger partial charge in [-0.05, 0) is 43.4 Å². The van der Waals surface area contributed by atoms with Gasteiger partial charge < -0.3 is 10.3 Å². The lowest BCUT2D eigenvalue weighted by Crippen LogP contribution is -2.34. The average molecular weight is 270 g/mol. The molecule has 0 spiro atoms. The fraction of sp³-hybridized carbons (Fsp3) is 0.471. The molecule has 0 radical (unpaired) electrons. The lowest BCUT2D eigenvalue weighted by molar-refractivity contribution is 0.0935. The second-order valence-corrected chi connectivity index (χ2v) is 6.03. The first-order chi connectivity index (χ1) is 9.74. The number of H-pyrrole nitrogens is 1. The van der Waals surface area contributed by atoms with Gasteiger partial charge in [0.2, 0.25) is 0 Å². The van der Waals surface area contributed by atoms with Crippen LogP contribution in [-0.4, -0.2) is 16.9 Å². The van der Waals surface area contributed by atoms with Crippen molar-refractivity contribution in [3.63, 3.8) is 0 Å². The predicted octanol–water partition coefficient (Wildman–Crippen LogP) is 3.87. The number of hydrogen-bond donors (Lipinski definition) is 2. The third-order valence-corrected chi connectivity index (χ3v) is 4.43. The first-order valence-corrected chi connectivity index (χ1v) is 7.61. The summed E-state index contributed by atoms with van der Waals surface area (Å²) in [7, 11) is 0. The fourth-order valence-electron chi connectivity index (χ4n) is 3.18. The van der Waals surface area contributed by atoms with E-state index in [9.17, 15) is 4.79 Å². The molecule has 2 unspecified atom stereocenters. The monoisotopic (exact) mass is 270 g/mol. The van der Waals surface area contributed by atoms with E-state index in [0.717, 1.165) is 35.2 Å². The average Bonchev–Trinajstić information content (AvgIpc) is 2.83. The van der Waals surface area contributed by atoms with E-state index in [1.54, 1.807) is 0 Å². The molecule has 2 atom stereocenters. The van der Waals surface area contributed by atoms with Crippen LogP contribution in [0, 0.1) is 5.92 Å². The van der Waals surface area contributed by atoms with Crippen molar-refractivity contribution >= 4 is 16.8 Å². The summed E-state index contributed by atoms with van der Waals surface area (Å²) < 4.78 is 0. The van der Waals surface area contributed by atoms with Crippen molar-refractivity contribution in [2.24, 2.45) is 5.92 Å². The molecule has 1 aromatic heterocycles. The van der Waals surface area contributed by atoms with Crippen LogP contribution in [0.3, 0.4) is 0 Å². The molecule has 3 rings (SSSR count). The molecule has 2 aromatic rings. The molecule has 1 saturated carbocycles. The number of carbonyl (C=O) groups is 1. The number of carbonyl (C=O) groups excluding carboxylic acids is 1. The van der Waals surface area contributed by atoms with Crippen LogP contribution < -0.4 is 5.32 Å². The van der Waals surface area contributed by atoms with Gasteiger partial charge in [0, 0.05) is 28.7 Å². The molecule has 0 aliphatic heterocycles. The molecule has 1 aliphatic carbocycles. The van der Waals surface area contributed by atoms with Crippen molar-refractivity contribution < 1.29 is 4.79 Å². The van der Waals surface area contributed by atoms with Gasteiger partial charge in [0.15, 0.2) is 0 Å². The quantitative estimate of drug-likeness (QED) is 0.799. The van der Waals surface area contributed by atoms with Gasteiger partial charge in [-0.1, -0.05) is 25.8 Å². The Hall–Kier alpha value is -1.77. The molecule has 2 N–H and O–H groups in total. The summed E-state index contributed by atoms with van der Waals surface area (Å²) in [6.07, 6.45) is 7.84. The molecule has 1 heterocycles. The maximum absolute atomic E-state index is 12.5. The maximum Gasteiger partial charge on any atom is 0.252 e. The molecule has 0 bridgehead atoms. The highest BCUT2D eigenvalue weighted by atomic mass is 16.1. The molecule has 1 aliphatic rings. The number of aromatic nitrogens is 1. The topological polar surface area (TPSA) is 44.9 Å². The number of hydrogen-bond acceptors (Lipinski definition) is 1. The van der Waals surface area contributed by atoms with Gasteiger partial charge in [-0.2, -0.15) is 0 Å². The summed E-state index contributed by atoms with van der Waals surface area (Å²) in [4.78, 5) is 15.6. The van der Waals surface area contributed by atoms with Crippen molar-refractivity contribution in [1.29, 1.82) is 0 Å². The Balaban J connectivity index is 1.74. The van der Waals surface area contributed by atoms with Crippen LogP contribution in [0.5, 0.6) is 0 Å². The minimum Gasteiger partial charge on any atom is -0.361 e. The van der Waals surface area contributed by atoms with E-state index in [1.165, 1.54) is 19.3 Å². The minimum atomic E-state index is 0.0646. The normalized spacial score (nSPS) is 23.4. The first-order valence-electron chi connectivity index (χ1n) is 7.61. The maximum atomic E-state index is 12.5. The van der Waals surface area contributed by atoms with E-state index in [2.05, 4.69) is 17.2 Å². The van der Waals surface area contributed by atoms with E-state index in [1.807, 2.05) is 30.5 Å². The second kappa shape index (κ2) is 5.70. The Morgan fingerprint density at radius 1 is 1.20 bits per heavy atom. The highest BCUT2D eigenvalue weighted by molar-refractivity contribution is 6.06. The zero-order chi connectivity index (χ0) is 13.9. The lowest BCUT2D eigenvalue weighted by Gasteiger charge is -2.16. The molecular weight excluding hydrogens is 248 g/mol. The van der Waals surface area contributed by atoms with Gasteiger partial charge in [-0.3, -0.25) is 4.79 Å². The predicted molar refractivity (Wildman–Crippen MR) is 81.8 cm³/mol. The number of aromatic amines is 1. The Kier molecular flexibility index (Phi) is 3.77. The van der Waals surface area contributed by atoms with Crippen LogP contribution in [0.2, 0.25) is 0 Å². The van der Waals surface area contributed by atoms with Gasteiger partial charge in [0.1, 0.15) is 0 Å². The Morgan fingerprint density at radius 2 is 2.10 bits per heavy atom. The van der Waals surface area contributed by atoms with Crippen LogP contribution >= 0.6 is 0 Å². The number of amides is 1. The Bertz CT molecular complexity index is 602. The van der Waals surface area contributed by atoms with Crippen molar-refractivity contribution in [1.82, 2.24) is 10.3 Å². The lowest BCUT2D eigenvalue weighted by atomic mass is 10.0. The highest BCUT2D eigenvalue weighted by Crippen LogP contribution is 2.23. The smallest absolute Gasteiger partial charge is 0.252 e. The Morgan fingerprint density at radius 3 is 3.00 bits per heavy atom. The molecule has 3 heteroatoms. The van der Waals surface area contributed by atoms with Crippen LogP contribution in [0.15, 0.2) is 30.5 Å². The summed E-state index contributed by atoms with van der Waals surface area (Å²) in [6.45, 7) is 2.31. The second-order valence-electron chi connectivity index (χ2n) is 6.03. The van der Waals surface area contributed by atoms with Gasteiger partial charge in [-0.25, -0.2) is 0 Å². The third-order valence-electron chi connectivity index (χ3n) is 4.43. The summed E-state index contributed by atoms with van der Waals surface area (Å²) >= 11 is 0. The summed E-state index contributed by atoms with van der Waals surface area (Å²) in [5.74, 6) is 0.861. The first kappa shape index (κ1) is 13.2. The molecule has 106 valence electrons. The third kappa shape index (κ3) is 2.72. The zero-order valence-electron chi connectivity index (χ0n) is 12.0. The molecule has 0 saturated heterocycles. The Labute approximate surface area is 119 Å². The van der Waals surface area contributed by atoms with Gasteiger partial charge in [0.05, 0.1) is 0 Å². The minimum absolute atomic E-state index is 0.0646. The highest BCUT2D eigenvalue weighted by Gasteiger charge is 2.19. The standard InChI is InChI=1S/C17H22N2O/c1-12-4-2-5-13(9-8-12)19-17(20)15-6-3-7-16-14(15)10-11-18-16/h3,6-7,10-13,18H,2,4-5,8-9H2,1H3,(H,19,20). The molecule has 1 aromatic carbocycles. The number of benzene rings is 1. The van der Waals surface area contributed by atoms with Crippen molar-refractivity contribution in [2.75, 3.05) is 0 Å². The van der Waals surface area contributed by atoms with E-state index in [4.69, 9.17) is 0 Å². The van der Waals surface area contributed by atoms with Crippen molar-refractivity contribution in [3.8, 4) is 0 Å². The molecular formula is C17H22N2O. The van der Waals surface area contributed by atoms with Crippen LogP contribution in [-0.2, 0) is 0 Å². The van der Waals surface area contributed by atoms with Crippen molar-refractivity contribution in [2.45, 2.75) is 45.1 Å². The van der Waals surface area contributed by atoms with E-state index >= 15 is 0 Å². The molecule has 1 amide bonds. The van der Waals surface area contributed by atoms with Crippen LogP contribution in [0.25, 0.3) is 10.9 Å². The number of nitrogens with one attached hydrogen (secondary N) is 2. The van der Waals surface area contributed by atoms with E-state index in [-0.39, 0.29) is 5.91 Å². The molecule has 1 fully saturated rings. The number of rotatable bonds is 2. The molecule has 3 nitrogen and oxygen atoms in total. The fourth-order valence-corrected chi connectivity index (χ4v) is 3.18. The summed E-state index contributed by atoms with van der Waals surface area (Å²) in [5.41, 5.74) is 1.80. The van der Waals surface area contributed by atoms with Crippen LogP contribution in [0.1, 0.15) is 49.4 Å². The van der Waals surface area contributed by atoms with Gasteiger partial charge in [-0.15, -0.1) is 0 Å². The number of fused-ring (bicyclic) bond motifs is 1. The van der Waals surface area contributed by atoms with E-state index < -0.39 is 0 Å². The van der Waals surface area contributed by atoms with Crippen molar-refractivity contribution in [3.05, 3.63) is 36.0 Å². The van der Waals surface area contributed by atoms with Gasteiger partial charge in [0.25, 0.3) is 5.91 Å². The largest absolute Gasteiger partial charge is 0.361 e. The van der Waals surface area contributed by atoms with Crippen LogP contribution in [0.4, 0.5) is 0 Å². The zero-order valence-corrected chi connectivity index (χ0v) is 12.0. The van der Waals surface area contributed by atoms with E-state index in [0.29, 0.717) is 6.04 Å². The molecule has 20 heavy (non-hydrogen) atoms. The summed E-state index contributed by atoms with van der Waals surface area (Å²) in [6, 6.07) is 8.15. The SMILES string of the molecule is CC1CCCC(NC(=O)c2cccc3[nH]ccc23)CC1. The summed E-state index contributed by atoms with van der Waals surface area (Å²) in [5, 5.41) is 4.23. The van der Waals surface area contributed by atoms with Gasteiger partial charge >= 0.3 is 0 Å².